The second-order valence-electron chi connectivity index (χ2n) is 5.49. The van der Waals surface area contributed by atoms with Crippen molar-refractivity contribution in [3.63, 3.8) is 0 Å². The van der Waals surface area contributed by atoms with Gasteiger partial charge < -0.3 is 4.79 Å². The SMILES string of the molecule is O=CC1CC(C2CCC2)=NN1c1ccccc1C(F)(F)F. The average Bonchev–Trinajstić information content (AvgIpc) is 2.79. The minimum atomic E-state index is -4.46. The number of carbonyl (C=O) groups excluding carboxylic acids is 1. The summed E-state index contributed by atoms with van der Waals surface area (Å²) < 4.78 is 39.3. The van der Waals surface area contributed by atoms with Crippen molar-refractivity contribution in [2.24, 2.45) is 11.0 Å². The van der Waals surface area contributed by atoms with Crippen LogP contribution >= 0.6 is 0 Å². The van der Waals surface area contributed by atoms with Gasteiger partial charge >= 0.3 is 6.18 Å². The highest BCUT2D eigenvalue weighted by atomic mass is 19.4. The lowest BCUT2D eigenvalue weighted by Gasteiger charge is -2.24. The Balaban J connectivity index is 1.98. The zero-order chi connectivity index (χ0) is 15.0. The maximum atomic E-state index is 13.1. The predicted octanol–water partition coefficient (Wildman–Crippen LogP) is 3.64. The fourth-order valence-electron chi connectivity index (χ4n) is 2.80. The summed E-state index contributed by atoms with van der Waals surface area (Å²) in [5, 5.41) is 5.57. The molecule has 0 amide bonds. The van der Waals surface area contributed by atoms with Crippen LogP contribution in [-0.4, -0.2) is 18.0 Å². The second kappa shape index (κ2) is 5.16. The Labute approximate surface area is 120 Å². The Morgan fingerprint density at radius 1 is 1.24 bits per heavy atom. The molecule has 0 N–H and O–H groups in total. The monoisotopic (exact) mass is 296 g/mol. The lowest BCUT2D eigenvalue weighted by atomic mass is 9.80. The summed E-state index contributed by atoms with van der Waals surface area (Å²) in [5.74, 6) is 0.329. The number of hydrogen-bond donors (Lipinski definition) is 0. The van der Waals surface area contributed by atoms with Gasteiger partial charge in [-0.2, -0.15) is 18.3 Å². The minimum absolute atomic E-state index is 0.0450. The van der Waals surface area contributed by atoms with Crippen LogP contribution in [-0.2, 0) is 11.0 Å². The second-order valence-corrected chi connectivity index (χ2v) is 5.49. The van der Waals surface area contributed by atoms with Gasteiger partial charge in [-0.05, 0) is 30.9 Å². The number of anilines is 1. The molecule has 0 saturated heterocycles. The molecule has 1 heterocycles. The molecule has 1 aromatic carbocycles. The highest BCUT2D eigenvalue weighted by Gasteiger charge is 2.39. The molecular weight excluding hydrogens is 281 g/mol. The Kier molecular flexibility index (Phi) is 3.47. The summed E-state index contributed by atoms with van der Waals surface area (Å²) in [7, 11) is 0. The van der Waals surface area contributed by atoms with Crippen molar-refractivity contribution < 1.29 is 18.0 Å². The molecule has 0 aromatic heterocycles. The van der Waals surface area contributed by atoms with Crippen molar-refractivity contribution >= 4 is 17.7 Å². The quantitative estimate of drug-likeness (QED) is 0.798. The molecule has 3 nitrogen and oxygen atoms in total. The van der Waals surface area contributed by atoms with Crippen LogP contribution in [0.4, 0.5) is 18.9 Å². The van der Waals surface area contributed by atoms with Crippen LogP contribution in [0.2, 0.25) is 0 Å². The molecule has 1 aliphatic carbocycles. The first kappa shape index (κ1) is 14.1. The summed E-state index contributed by atoms with van der Waals surface area (Å²) in [6, 6.07) is 4.63. The van der Waals surface area contributed by atoms with Crippen LogP contribution in [0.25, 0.3) is 0 Å². The summed E-state index contributed by atoms with van der Waals surface area (Å²) in [4.78, 5) is 11.2. The largest absolute Gasteiger partial charge is 0.418 e. The normalized spacial score (nSPS) is 22.9. The number of benzene rings is 1. The molecule has 1 saturated carbocycles. The van der Waals surface area contributed by atoms with Crippen molar-refractivity contribution in [3.05, 3.63) is 29.8 Å². The fourth-order valence-corrected chi connectivity index (χ4v) is 2.80. The standard InChI is InChI=1S/C15H15F3N2O/c16-15(17,18)12-6-1-2-7-14(12)20-11(9-21)8-13(19-20)10-4-3-5-10/h1-2,6-7,9-11H,3-5,8H2. The van der Waals surface area contributed by atoms with Gasteiger partial charge in [0.2, 0.25) is 0 Å². The molecule has 0 bridgehead atoms. The molecule has 0 spiro atoms. The van der Waals surface area contributed by atoms with Crippen LogP contribution in [0.1, 0.15) is 31.2 Å². The van der Waals surface area contributed by atoms with E-state index in [-0.39, 0.29) is 5.69 Å². The van der Waals surface area contributed by atoms with Crippen LogP contribution in [0.5, 0.6) is 0 Å². The molecule has 2 aliphatic rings. The first-order chi connectivity index (χ1) is 10.0. The first-order valence-corrected chi connectivity index (χ1v) is 6.99. The summed E-state index contributed by atoms with van der Waals surface area (Å²) in [5.41, 5.74) is 0.0576. The van der Waals surface area contributed by atoms with E-state index in [4.69, 9.17) is 0 Å². The number of halogens is 3. The molecule has 21 heavy (non-hydrogen) atoms. The van der Waals surface area contributed by atoms with E-state index >= 15 is 0 Å². The number of alkyl halides is 3. The van der Waals surface area contributed by atoms with Gasteiger partial charge in [-0.15, -0.1) is 0 Å². The van der Waals surface area contributed by atoms with Gasteiger partial charge in [-0.25, -0.2) is 0 Å². The molecule has 1 aromatic rings. The Morgan fingerprint density at radius 2 is 1.95 bits per heavy atom. The lowest BCUT2D eigenvalue weighted by molar-refractivity contribution is -0.137. The van der Waals surface area contributed by atoms with Crippen molar-refractivity contribution in [1.82, 2.24) is 0 Å². The van der Waals surface area contributed by atoms with Crippen molar-refractivity contribution in [2.75, 3.05) is 5.01 Å². The number of aldehydes is 1. The van der Waals surface area contributed by atoms with E-state index in [2.05, 4.69) is 5.10 Å². The third kappa shape index (κ3) is 2.54. The van der Waals surface area contributed by atoms with E-state index in [0.29, 0.717) is 18.6 Å². The highest BCUT2D eigenvalue weighted by Crippen LogP contribution is 2.40. The molecule has 112 valence electrons. The third-order valence-corrected chi connectivity index (χ3v) is 4.16. The zero-order valence-corrected chi connectivity index (χ0v) is 11.3. The van der Waals surface area contributed by atoms with Crippen LogP contribution in [0.15, 0.2) is 29.4 Å². The van der Waals surface area contributed by atoms with Gasteiger partial charge in [0, 0.05) is 12.1 Å². The summed E-state index contributed by atoms with van der Waals surface area (Å²) in [6.45, 7) is 0. The van der Waals surface area contributed by atoms with E-state index < -0.39 is 17.8 Å². The molecule has 1 atom stereocenters. The van der Waals surface area contributed by atoms with Crippen molar-refractivity contribution in [2.45, 2.75) is 37.9 Å². The van der Waals surface area contributed by atoms with Crippen molar-refractivity contribution in [3.8, 4) is 0 Å². The molecule has 0 radical (unpaired) electrons. The minimum Gasteiger partial charge on any atom is -0.301 e. The number of para-hydroxylation sites is 1. The number of hydrazone groups is 1. The van der Waals surface area contributed by atoms with E-state index in [1.807, 2.05) is 0 Å². The van der Waals surface area contributed by atoms with E-state index in [0.717, 1.165) is 31.0 Å². The van der Waals surface area contributed by atoms with Crippen LogP contribution in [0, 0.1) is 5.92 Å². The van der Waals surface area contributed by atoms with Gasteiger partial charge in [0.25, 0.3) is 0 Å². The smallest absolute Gasteiger partial charge is 0.301 e. The maximum absolute atomic E-state index is 13.1. The Bertz CT molecular complexity index is 579. The number of nitrogens with zero attached hydrogens (tertiary/aromatic N) is 2. The van der Waals surface area contributed by atoms with Crippen LogP contribution in [0.3, 0.4) is 0 Å². The molecule has 6 heteroatoms. The zero-order valence-electron chi connectivity index (χ0n) is 11.3. The summed E-state index contributed by atoms with van der Waals surface area (Å²) in [6.07, 6.45) is -0.200. The first-order valence-electron chi connectivity index (χ1n) is 6.99. The highest BCUT2D eigenvalue weighted by molar-refractivity contribution is 5.95. The van der Waals surface area contributed by atoms with Gasteiger partial charge in [-0.1, -0.05) is 18.6 Å². The molecular formula is C15H15F3N2O. The summed E-state index contributed by atoms with van der Waals surface area (Å²) >= 11 is 0. The van der Waals surface area contributed by atoms with E-state index in [1.54, 1.807) is 0 Å². The van der Waals surface area contributed by atoms with E-state index in [9.17, 15) is 18.0 Å². The number of carbonyl (C=O) groups is 1. The van der Waals surface area contributed by atoms with Crippen LogP contribution < -0.4 is 5.01 Å². The number of rotatable bonds is 3. The van der Waals surface area contributed by atoms with E-state index in [1.165, 1.54) is 23.2 Å². The van der Waals surface area contributed by atoms with Gasteiger partial charge in [0.15, 0.2) is 0 Å². The topological polar surface area (TPSA) is 32.7 Å². The van der Waals surface area contributed by atoms with Gasteiger partial charge in [0.05, 0.1) is 11.3 Å². The van der Waals surface area contributed by atoms with Gasteiger partial charge in [-0.3, -0.25) is 5.01 Å². The van der Waals surface area contributed by atoms with Crippen molar-refractivity contribution in [1.29, 1.82) is 0 Å². The third-order valence-electron chi connectivity index (χ3n) is 4.16. The molecule has 3 rings (SSSR count). The fraction of sp³-hybridized carbons (Fsp3) is 0.467. The Morgan fingerprint density at radius 3 is 2.52 bits per heavy atom. The predicted molar refractivity (Wildman–Crippen MR) is 73.2 cm³/mol. The molecule has 1 unspecified atom stereocenters. The molecule has 1 fully saturated rings. The van der Waals surface area contributed by atoms with Gasteiger partial charge in [0.1, 0.15) is 12.3 Å². The number of hydrogen-bond acceptors (Lipinski definition) is 3. The lowest BCUT2D eigenvalue weighted by Crippen LogP contribution is -2.29. The average molecular weight is 296 g/mol. The Hall–Kier alpha value is -1.85. The molecule has 1 aliphatic heterocycles. The maximum Gasteiger partial charge on any atom is 0.418 e.